The maximum atomic E-state index is 4.05. The molecule has 0 unspecified atom stereocenters. The van der Waals surface area contributed by atoms with Crippen molar-refractivity contribution in [2.75, 3.05) is 0 Å². The smallest absolute Gasteiger partial charge is 0.214 e. The Hall–Kier alpha value is -1.95. The molecular formula is C13H9FeN5S. The zero-order chi connectivity index (χ0) is 12.9. The first-order valence-corrected chi connectivity index (χ1v) is 6.42. The van der Waals surface area contributed by atoms with E-state index in [0.29, 0.717) is 0 Å². The monoisotopic (exact) mass is 323 g/mol. The van der Waals surface area contributed by atoms with E-state index in [9.17, 15) is 0 Å². The Labute approximate surface area is 130 Å². The van der Waals surface area contributed by atoms with Crippen molar-refractivity contribution >= 4 is 11.5 Å². The van der Waals surface area contributed by atoms with Crippen molar-refractivity contribution in [3.63, 3.8) is 0 Å². The zero-order valence-corrected chi connectivity index (χ0v) is 12.1. The molecule has 0 atom stereocenters. The van der Waals surface area contributed by atoms with E-state index in [0.717, 1.165) is 22.0 Å². The summed E-state index contributed by atoms with van der Waals surface area (Å²) in [5, 5.41) is 16.1. The molecule has 2 aliphatic rings. The molecule has 20 heavy (non-hydrogen) atoms. The van der Waals surface area contributed by atoms with Gasteiger partial charge in [-0.2, -0.15) is 40.5 Å². The van der Waals surface area contributed by atoms with Crippen LogP contribution in [0, 0.1) is 0 Å². The third-order valence-corrected chi connectivity index (χ3v) is 3.08. The normalized spacial score (nSPS) is 9.60. The van der Waals surface area contributed by atoms with Gasteiger partial charge >= 0.3 is 17.1 Å². The van der Waals surface area contributed by atoms with Crippen LogP contribution in [-0.2, 0) is 17.1 Å². The second-order valence-electron chi connectivity index (χ2n) is 3.70. The maximum Gasteiger partial charge on any atom is 2.00 e. The van der Waals surface area contributed by atoms with Crippen LogP contribution >= 0.6 is 11.5 Å². The molecule has 0 saturated heterocycles. The van der Waals surface area contributed by atoms with Crippen molar-refractivity contribution in [1.29, 1.82) is 0 Å². The number of fused-ring (bicyclic) bond motifs is 1. The quantitative estimate of drug-likeness (QED) is 0.398. The summed E-state index contributed by atoms with van der Waals surface area (Å²) in [4.78, 5) is 0. The van der Waals surface area contributed by atoms with E-state index < -0.39 is 0 Å². The van der Waals surface area contributed by atoms with Crippen molar-refractivity contribution in [1.82, 2.24) is 25.0 Å². The maximum absolute atomic E-state index is 4.05. The van der Waals surface area contributed by atoms with E-state index >= 15 is 0 Å². The van der Waals surface area contributed by atoms with Crippen LogP contribution < -0.4 is 0 Å². The molecule has 0 amide bonds. The first-order chi connectivity index (χ1) is 9.45. The molecule has 0 saturated carbocycles. The van der Waals surface area contributed by atoms with Crippen LogP contribution in [0.2, 0.25) is 0 Å². The fourth-order valence-electron chi connectivity index (χ4n) is 1.60. The molecule has 0 aromatic heterocycles. The van der Waals surface area contributed by atoms with Gasteiger partial charge < -0.3 is 0 Å². The van der Waals surface area contributed by atoms with Gasteiger partial charge in [0.1, 0.15) is 5.01 Å². The Kier molecular flexibility index (Phi) is 5.06. The van der Waals surface area contributed by atoms with Gasteiger partial charge in [-0.05, 0) is 0 Å². The summed E-state index contributed by atoms with van der Waals surface area (Å²) in [5.74, 6) is 0. The van der Waals surface area contributed by atoms with Gasteiger partial charge in [0, 0.05) is 17.2 Å². The minimum absolute atomic E-state index is 0. The summed E-state index contributed by atoms with van der Waals surface area (Å²) >= 11 is 1.20. The summed E-state index contributed by atoms with van der Waals surface area (Å²) in [5.41, 5.74) is 2.46. The molecule has 2 aromatic carbocycles. The second kappa shape index (κ2) is 7.00. The van der Waals surface area contributed by atoms with Gasteiger partial charge in [-0.1, -0.05) is 15.3 Å². The summed E-state index contributed by atoms with van der Waals surface area (Å²) in [6, 6.07) is 17.8. The Morgan fingerprint density at radius 2 is 1.70 bits per heavy atom. The van der Waals surface area contributed by atoms with E-state index in [1.807, 2.05) is 54.6 Å². The van der Waals surface area contributed by atoms with Gasteiger partial charge in [-0.3, -0.25) is 0 Å². The molecular weight excluding hydrogens is 314 g/mol. The number of aromatic nitrogens is 5. The Morgan fingerprint density at radius 1 is 0.950 bits per heavy atom. The van der Waals surface area contributed by atoms with Crippen LogP contribution in [0.25, 0.3) is 22.0 Å². The van der Waals surface area contributed by atoms with Crippen LogP contribution in [0.3, 0.4) is 0 Å². The van der Waals surface area contributed by atoms with Crippen molar-refractivity contribution in [3.05, 3.63) is 54.6 Å². The third kappa shape index (κ3) is 3.14. The van der Waals surface area contributed by atoms with E-state index in [-0.39, 0.29) is 17.1 Å². The average molecular weight is 323 g/mol. The van der Waals surface area contributed by atoms with Crippen LogP contribution in [0.5, 0.6) is 0 Å². The van der Waals surface area contributed by atoms with Crippen molar-refractivity contribution in [3.8, 4) is 22.0 Å². The zero-order valence-electron chi connectivity index (χ0n) is 10.2. The molecule has 100 valence electrons. The molecule has 0 spiro atoms. The van der Waals surface area contributed by atoms with Gasteiger partial charge in [0.25, 0.3) is 0 Å². The fraction of sp³-hybridized carbons (Fsp3) is 0. The van der Waals surface area contributed by atoms with Crippen molar-refractivity contribution in [2.24, 2.45) is 0 Å². The molecule has 0 bridgehead atoms. The predicted molar refractivity (Wildman–Crippen MR) is 73.0 cm³/mol. The van der Waals surface area contributed by atoms with Gasteiger partial charge in [0.05, 0.1) is 5.69 Å². The number of nitrogens with zero attached hydrogens (tertiary/aromatic N) is 5. The largest absolute Gasteiger partial charge is 2.00 e. The average Bonchev–Trinajstić information content (AvgIpc) is 3.20. The van der Waals surface area contributed by atoms with E-state index in [1.54, 1.807) is 0 Å². The van der Waals surface area contributed by atoms with Gasteiger partial charge in [0.2, 0.25) is 0 Å². The molecule has 2 heterocycles. The van der Waals surface area contributed by atoms with E-state index in [4.69, 9.17) is 0 Å². The summed E-state index contributed by atoms with van der Waals surface area (Å²) in [7, 11) is 0. The van der Waals surface area contributed by atoms with Crippen LogP contribution in [0.4, 0.5) is 0 Å². The van der Waals surface area contributed by atoms with Gasteiger partial charge in [0.15, 0.2) is 0 Å². The molecule has 5 nitrogen and oxygen atoms in total. The first-order valence-electron chi connectivity index (χ1n) is 5.65. The second-order valence-corrected chi connectivity index (χ2v) is 4.43. The van der Waals surface area contributed by atoms with Crippen LogP contribution in [0.1, 0.15) is 0 Å². The van der Waals surface area contributed by atoms with Crippen LogP contribution in [0.15, 0.2) is 54.6 Å². The Morgan fingerprint density at radius 3 is 2.35 bits per heavy atom. The summed E-state index contributed by atoms with van der Waals surface area (Å²) in [6.07, 6.45) is 0. The molecule has 0 radical (unpaired) electrons. The van der Waals surface area contributed by atoms with Crippen molar-refractivity contribution < 1.29 is 17.1 Å². The first kappa shape index (κ1) is 14.5. The third-order valence-electron chi connectivity index (χ3n) is 2.47. The Balaban J connectivity index is 0.000000210. The summed E-state index contributed by atoms with van der Waals surface area (Å²) in [6.45, 7) is 0. The molecule has 7 heteroatoms. The SMILES string of the molecule is [Fe+2].c1cc[c-](-c2nnsc3nnnc2-3)c1.c1cc[cH-]c1. The molecule has 2 aliphatic heterocycles. The molecule has 0 aliphatic carbocycles. The minimum Gasteiger partial charge on any atom is -0.214 e. The number of hydrogen-bond acceptors (Lipinski definition) is 6. The fourth-order valence-corrected chi connectivity index (χ4v) is 2.10. The van der Waals surface area contributed by atoms with E-state index in [1.165, 1.54) is 11.5 Å². The molecule has 0 N–H and O–H groups in total. The number of hydrogen-bond donors (Lipinski definition) is 0. The Bertz CT molecular complexity index is 672. The standard InChI is InChI=1S/C8H4N5S.C5H5.Fe/c1-2-4-5(3-1)6-7-8(11-12-9-7)14-13-10-6;1-2-4-5-3-1;/h1-4H;1-5H;/q2*-1;+2. The molecule has 4 rings (SSSR count). The van der Waals surface area contributed by atoms with E-state index in [2.05, 4.69) is 25.0 Å². The van der Waals surface area contributed by atoms with Crippen molar-refractivity contribution in [2.45, 2.75) is 0 Å². The predicted octanol–water partition coefficient (Wildman–Crippen LogP) is 2.62. The number of rotatable bonds is 1. The van der Waals surface area contributed by atoms with Gasteiger partial charge in [-0.15, -0.1) is 17.2 Å². The molecule has 0 fully saturated rings. The topological polar surface area (TPSA) is 64.5 Å². The summed E-state index contributed by atoms with van der Waals surface area (Å²) < 4.78 is 3.89. The minimum atomic E-state index is 0. The molecule has 2 aromatic rings. The van der Waals surface area contributed by atoms with Gasteiger partial charge in [-0.25, -0.2) is 12.1 Å². The van der Waals surface area contributed by atoms with Crippen LogP contribution in [-0.4, -0.2) is 25.0 Å².